The Morgan fingerprint density at radius 3 is 2.33 bits per heavy atom. The minimum atomic E-state index is -0.209. The molecule has 0 aliphatic rings. The van der Waals surface area contributed by atoms with Crippen molar-refractivity contribution in [2.75, 3.05) is 0 Å². The van der Waals surface area contributed by atoms with Gasteiger partial charge in [0.1, 0.15) is 0 Å². The van der Waals surface area contributed by atoms with Gasteiger partial charge in [0.05, 0.1) is 6.10 Å². The van der Waals surface area contributed by atoms with Crippen molar-refractivity contribution in [2.45, 2.75) is 60.0 Å². The third kappa shape index (κ3) is 5.22. The molecular formula is C17H28O. The molecule has 0 saturated heterocycles. The predicted octanol–water partition coefficient (Wildman–Crippen LogP) is 4.28. The van der Waals surface area contributed by atoms with Gasteiger partial charge in [-0.25, -0.2) is 0 Å². The van der Waals surface area contributed by atoms with Crippen LogP contribution in [0.1, 0.15) is 50.3 Å². The molecule has 0 saturated carbocycles. The predicted molar refractivity (Wildman–Crippen MR) is 78.9 cm³/mol. The van der Waals surface area contributed by atoms with Crippen LogP contribution in [0.15, 0.2) is 18.2 Å². The molecule has 0 aliphatic carbocycles. The van der Waals surface area contributed by atoms with E-state index < -0.39 is 0 Å². The van der Waals surface area contributed by atoms with Gasteiger partial charge < -0.3 is 5.11 Å². The fraction of sp³-hybridized carbons (Fsp3) is 0.647. The maximum atomic E-state index is 10.2. The molecule has 1 aromatic rings. The number of hydrogen-bond acceptors (Lipinski definition) is 1. The first-order valence-electron chi connectivity index (χ1n) is 7.12. The van der Waals surface area contributed by atoms with Crippen LogP contribution in [-0.2, 0) is 6.42 Å². The van der Waals surface area contributed by atoms with Crippen molar-refractivity contribution in [2.24, 2.45) is 11.8 Å². The summed E-state index contributed by atoms with van der Waals surface area (Å²) in [5.41, 5.74) is 3.86. The first kappa shape index (κ1) is 15.2. The number of rotatable bonds is 6. The van der Waals surface area contributed by atoms with Crippen LogP contribution in [0, 0.1) is 25.7 Å². The highest BCUT2D eigenvalue weighted by Crippen LogP contribution is 2.20. The lowest BCUT2D eigenvalue weighted by molar-refractivity contribution is 0.140. The quantitative estimate of drug-likeness (QED) is 0.796. The zero-order valence-corrected chi connectivity index (χ0v) is 12.5. The van der Waals surface area contributed by atoms with Gasteiger partial charge in [-0.15, -0.1) is 0 Å². The van der Waals surface area contributed by atoms with Crippen molar-refractivity contribution in [3.05, 3.63) is 34.9 Å². The van der Waals surface area contributed by atoms with Gasteiger partial charge in [0, 0.05) is 0 Å². The maximum absolute atomic E-state index is 10.2. The smallest absolute Gasteiger partial charge is 0.0583 e. The SMILES string of the molecule is Cc1ccc(C)c(CC(O)CC(C)CC(C)C)c1. The Morgan fingerprint density at radius 2 is 1.72 bits per heavy atom. The third-order valence-electron chi connectivity index (χ3n) is 3.51. The van der Waals surface area contributed by atoms with E-state index in [0.717, 1.165) is 12.8 Å². The lowest BCUT2D eigenvalue weighted by atomic mass is 9.90. The Labute approximate surface area is 112 Å². The molecular weight excluding hydrogens is 220 g/mol. The summed E-state index contributed by atoms with van der Waals surface area (Å²) in [4.78, 5) is 0. The van der Waals surface area contributed by atoms with Gasteiger partial charge in [0.15, 0.2) is 0 Å². The fourth-order valence-electron chi connectivity index (χ4n) is 2.72. The van der Waals surface area contributed by atoms with Crippen molar-refractivity contribution in [1.82, 2.24) is 0 Å². The molecule has 0 aromatic heterocycles. The first-order chi connectivity index (χ1) is 8.38. The van der Waals surface area contributed by atoms with E-state index in [4.69, 9.17) is 0 Å². The Kier molecular flexibility index (Phi) is 5.87. The topological polar surface area (TPSA) is 20.2 Å². The van der Waals surface area contributed by atoms with Crippen molar-refractivity contribution >= 4 is 0 Å². The Hall–Kier alpha value is -0.820. The second-order valence-electron chi connectivity index (χ2n) is 6.26. The van der Waals surface area contributed by atoms with Crippen LogP contribution in [0.5, 0.6) is 0 Å². The van der Waals surface area contributed by atoms with Crippen LogP contribution in [0.25, 0.3) is 0 Å². The molecule has 1 nitrogen and oxygen atoms in total. The summed E-state index contributed by atoms with van der Waals surface area (Å²) in [6.07, 6.45) is 2.69. The van der Waals surface area contributed by atoms with Gasteiger partial charge in [0.25, 0.3) is 0 Å². The first-order valence-corrected chi connectivity index (χ1v) is 7.12. The highest BCUT2D eigenvalue weighted by molar-refractivity contribution is 5.30. The molecule has 1 aromatic carbocycles. The molecule has 1 N–H and O–H groups in total. The van der Waals surface area contributed by atoms with Crippen molar-refractivity contribution in [1.29, 1.82) is 0 Å². The summed E-state index contributed by atoms with van der Waals surface area (Å²) in [6.45, 7) is 11.0. The standard InChI is InChI=1S/C17H28O/c1-12(2)8-14(4)10-17(18)11-16-9-13(3)6-7-15(16)5/h6-7,9,12,14,17-18H,8,10-11H2,1-5H3. The molecule has 0 bridgehead atoms. The summed E-state index contributed by atoms with van der Waals surface area (Å²) in [6, 6.07) is 6.48. The van der Waals surface area contributed by atoms with Gasteiger partial charge >= 0.3 is 0 Å². The maximum Gasteiger partial charge on any atom is 0.0583 e. The molecule has 18 heavy (non-hydrogen) atoms. The van der Waals surface area contributed by atoms with Crippen LogP contribution in [0.3, 0.4) is 0 Å². The molecule has 0 radical (unpaired) electrons. The van der Waals surface area contributed by atoms with Gasteiger partial charge in [-0.1, -0.05) is 44.5 Å². The number of aliphatic hydroxyl groups is 1. The van der Waals surface area contributed by atoms with Gasteiger partial charge in [-0.05, 0) is 56.1 Å². The molecule has 2 atom stereocenters. The molecule has 2 unspecified atom stereocenters. The molecule has 0 aliphatic heterocycles. The molecule has 0 spiro atoms. The van der Waals surface area contributed by atoms with Crippen LogP contribution >= 0.6 is 0 Å². The lowest BCUT2D eigenvalue weighted by Gasteiger charge is -2.19. The average molecular weight is 248 g/mol. The Morgan fingerprint density at radius 1 is 1.06 bits per heavy atom. The summed E-state index contributed by atoms with van der Waals surface area (Å²) in [5, 5.41) is 10.2. The van der Waals surface area contributed by atoms with E-state index in [9.17, 15) is 5.11 Å². The Bertz CT molecular complexity index is 368. The fourth-order valence-corrected chi connectivity index (χ4v) is 2.72. The highest BCUT2D eigenvalue weighted by atomic mass is 16.3. The van der Waals surface area contributed by atoms with E-state index in [-0.39, 0.29) is 6.10 Å². The zero-order chi connectivity index (χ0) is 13.7. The van der Waals surface area contributed by atoms with E-state index in [2.05, 4.69) is 52.8 Å². The summed E-state index contributed by atoms with van der Waals surface area (Å²) < 4.78 is 0. The number of benzene rings is 1. The van der Waals surface area contributed by atoms with Gasteiger partial charge in [-0.3, -0.25) is 0 Å². The van der Waals surface area contributed by atoms with E-state index >= 15 is 0 Å². The monoisotopic (exact) mass is 248 g/mol. The Balaban J connectivity index is 2.53. The normalized spacial score (nSPS) is 14.8. The van der Waals surface area contributed by atoms with Crippen molar-refractivity contribution in [3.8, 4) is 0 Å². The second kappa shape index (κ2) is 6.94. The molecule has 0 amide bonds. The van der Waals surface area contributed by atoms with Gasteiger partial charge in [-0.2, -0.15) is 0 Å². The summed E-state index contributed by atoms with van der Waals surface area (Å²) in [7, 11) is 0. The summed E-state index contributed by atoms with van der Waals surface area (Å²) in [5.74, 6) is 1.32. The van der Waals surface area contributed by atoms with Crippen molar-refractivity contribution in [3.63, 3.8) is 0 Å². The zero-order valence-electron chi connectivity index (χ0n) is 12.5. The second-order valence-corrected chi connectivity index (χ2v) is 6.26. The number of hydrogen-bond donors (Lipinski definition) is 1. The molecule has 0 fully saturated rings. The minimum absolute atomic E-state index is 0.209. The van der Waals surface area contributed by atoms with Gasteiger partial charge in [0.2, 0.25) is 0 Å². The minimum Gasteiger partial charge on any atom is -0.393 e. The molecule has 1 rings (SSSR count). The summed E-state index contributed by atoms with van der Waals surface area (Å²) >= 11 is 0. The number of aryl methyl sites for hydroxylation is 2. The van der Waals surface area contributed by atoms with Crippen LogP contribution in [-0.4, -0.2) is 11.2 Å². The highest BCUT2D eigenvalue weighted by Gasteiger charge is 2.13. The average Bonchev–Trinajstić information content (AvgIpc) is 2.21. The van der Waals surface area contributed by atoms with E-state index in [1.165, 1.54) is 23.1 Å². The van der Waals surface area contributed by atoms with E-state index in [1.54, 1.807) is 0 Å². The third-order valence-corrected chi connectivity index (χ3v) is 3.51. The molecule has 0 heterocycles. The van der Waals surface area contributed by atoms with Crippen LogP contribution < -0.4 is 0 Å². The van der Waals surface area contributed by atoms with E-state index in [0.29, 0.717) is 11.8 Å². The van der Waals surface area contributed by atoms with E-state index in [1.807, 2.05) is 0 Å². The number of aliphatic hydroxyl groups excluding tert-OH is 1. The molecule has 1 heteroatoms. The van der Waals surface area contributed by atoms with Crippen molar-refractivity contribution < 1.29 is 5.11 Å². The largest absolute Gasteiger partial charge is 0.393 e. The lowest BCUT2D eigenvalue weighted by Crippen LogP contribution is -2.16. The molecule has 102 valence electrons. The van der Waals surface area contributed by atoms with Crippen LogP contribution in [0.4, 0.5) is 0 Å². The van der Waals surface area contributed by atoms with Crippen LogP contribution in [0.2, 0.25) is 0 Å².